The van der Waals surface area contributed by atoms with E-state index in [0.717, 1.165) is 26.9 Å². The second kappa shape index (κ2) is 11.7. The molecule has 0 radical (unpaired) electrons. The van der Waals surface area contributed by atoms with Crippen LogP contribution in [0, 0.1) is 0 Å². The van der Waals surface area contributed by atoms with Gasteiger partial charge in [-0.2, -0.15) is 0 Å². The van der Waals surface area contributed by atoms with Crippen molar-refractivity contribution in [3.63, 3.8) is 0 Å². The quantitative estimate of drug-likeness (QED) is 0.251. The summed E-state index contributed by atoms with van der Waals surface area (Å²) in [6, 6.07) is 15.6. The van der Waals surface area contributed by atoms with E-state index in [9.17, 15) is 9.59 Å². The Hall–Kier alpha value is -3.56. The van der Waals surface area contributed by atoms with Gasteiger partial charge in [0.15, 0.2) is 5.65 Å². The van der Waals surface area contributed by atoms with E-state index in [1.165, 1.54) is 0 Å². The van der Waals surface area contributed by atoms with Crippen LogP contribution in [0.15, 0.2) is 71.5 Å². The number of nitrogens with two attached hydrogens (primary N) is 1. The molecule has 1 atom stereocenters. The van der Waals surface area contributed by atoms with E-state index in [-0.39, 0.29) is 18.6 Å². The van der Waals surface area contributed by atoms with Gasteiger partial charge in [0, 0.05) is 30.1 Å². The molecule has 4 N–H and O–H groups in total. The molecule has 2 aromatic carbocycles. The first-order valence-corrected chi connectivity index (χ1v) is 12.9. The number of hydrogen-bond donors (Lipinski definition) is 3. The minimum atomic E-state index is -0.661. The van der Waals surface area contributed by atoms with Crippen LogP contribution in [0.5, 0.6) is 5.75 Å². The van der Waals surface area contributed by atoms with Gasteiger partial charge in [0.2, 0.25) is 0 Å². The summed E-state index contributed by atoms with van der Waals surface area (Å²) in [5.74, 6) is 0.194. The molecule has 0 aliphatic rings. The van der Waals surface area contributed by atoms with Crippen molar-refractivity contribution in [2.75, 3.05) is 6.54 Å². The molecular formula is C27H27BrClN5O3. The van der Waals surface area contributed by atoms with Crippen molar-refractivity contribution in [3.05, 3.63) is 87.6 Å². The first-order valence-electron chi connectivity index (χ1n) is 11.7. The van der Waals surface area contributed by atoms with Crippen LogP contribution in [0.3, 0.4) is 0 Å². The molecule has 4 aromatic rings. The largest absolute Gasteiger partial charge is 0.489 e. The predicted molar refractivity (Wildman–Crippen MR) is 148 cm³/mol. The van der Waals surface area contributed by atoms with Gasteiger partial charge in [0.05, 0.1) is 27.3 Å². The molecule has 0 aliphatic carbocycles. The van der Waals surface area contributed by atoms with E-state index in [2.05, 4.69) is 26.6 Å². The summed E-state index contributed by atoms with van der Waals surface area (Å²) in [6.45, 7) is 3.97. The number of nitrogens with one attached hydrogen (secondary N) is 2. The third kappa shape index (κ3) is 6.81. The molecule has 0 bridgehead atoms. The number of carbonyl (C=O) groups is 2. The van der Waals surface area contributed by atoms with Crippen LogP contribution in [0.4, 0.5) is 4.79 Å². The van der Waals surface area contributed by atoms with Gasteiger partial charge in [-0.3, -0.25) is 4.79 Å². The number of primary amides is 1. The standard InChI is InChI=1S/C27H27BrClN5O3/c1-16(2)37-24-10-9-19(13-22(24)29)26(35)32-20(14-31-27(30)36)12-17-5-7-18(8-6-17)23-15-34-11-3-4-21(28)25(34)33-23/h3-11,13,15-16,20H,12,14H2,1-2H3,(H,32,35)(H3,30,31,36)/t20-/m0/s1. The number of benzene rings is 2. The highest BCUT2D eigenvalue weighted by molar-refractivity contribution is 9.10. The van der Waals surface area contributed by atoms with Crippen molar-refractivity contribution < 1.29 is 14.3 Å². The Labute approximate surface area is 228 Å². The van der Waals surface area contributed by atoms with Gasteiger partial charge < -0.3 is 25.5 Å². The number of ether oxygens (including phenoxy) is 1. The fourth-order valence-corrected chi connectivity index (χ4v) is 4.54. The lowest BCUT2D eigenvalue weighted by atomic mass is 10.0. The average Bonchev–Trinajstić information content (AvgIpc) is 3.30. The van der Waals surface area contributed by atoms with Gasteiger partial charge in [-0.05, 0) is 72.1 Å². The zero-order chi connectivity index (χ0) is 26.5. The number of pyridine rings is 1. The summed E-state index contributed by atoms with van der Waals surface area (Å²) in [7, 11) is 0. The van der Waals surface area contributed by atoms with Crippen LogP contribution in [0.2, 0.25) is 5.02 Å². The number of rotatable bonds is 9. The summed E-state index contributed by atoms with van der Waals surface area (Å²) in [5.41, 5.74) is 9.29. The zero-order valence-electron chi connectivity index (χ0n) is 20.4. The van der Waals surface area contributed by atoms with E-state index < -0.39 is 12.1 Å². The molecule has 0 saturated carbocycles. The second-order valence-electron chi connectivity index (χ2n) is 8.84. The monoisotopic (exact) mass is 583 g/mol. The van der Waals surface area contributed by atoms with Crippen molar-refractivity contribution in [3.8, 4) is 17.0 Å². The first kappa shape index (κ1) is 26.5. The van der Waals surface area contributed by atoms with Gasteiger partial charge in [-0.25, -0.2) is 9.78 Å². The summed E-state index contributed by atoms with van der Waals surface area (Å²) in [5, 5.41) is 5.90. The van der Waals surface area contributed by atoms with Crippen molar-refractivity contribution in [1.82, 2.24) is 20.0 Å². The maximum absolute atomic E-state index is 13.0. The lowest BCUT2D eigenvalue weighted by Gasteiger charge is -2.20. The molecule has 0 fully saturated rings. The minimum Gasteiger partial charge on any atom is -0.489 e. The van der Waals surface area contributed by atoms with Crippen LogP contribution >= 0.6 is 27.5 Å². The van der Waals surface area contributed by atoms with Crippen LogP contribution in [-0.4, -0.2) is 40.0 Å². The molecule has 0 aliphatic heterocycles. The summed E-state index contributed by atoms with van der Waals surface area (Å²) in [4.78, 5) is 29.0. The molecule has 0 saturated heterocycles. The topological polar surface area (TPSA) is 111 Å². The first-order chi connectivity index (χ1) is 17.7. The number of halogens is 2. The highest BCUT2D eigenvalue weighted by atomic mass is 79.9. The maximum atomic E-state index is 13.0. The summed E-state index contributed by atoms with van der Waals surface area (Å²) >= 11 is 9.83. The molecule has 10 heteroatoms. The number of hydrogen-bond acceptors (Lipinski definition) is 4. The van der Waals surface area contributed by atoms with Gasteiger partial charge in [-0.15, -0.1) is 0 Å². The van der Waals surface area contributed by atoms with Crippen molar-refractivity contribution >= 4 is 45.1 Å². The number of nitrogens with zero attached hydrogens (tertiary/aromatic N) is 2. The van der Waals surface area contributed by atoms with E-state index >= 15 is 0 Å². The van der Waals surface area contributed by atoms with Gasteiger partial charge in [-0.1, -0.05) is 35.9 Å². The minimum absolute atomic E-state index is 0.0394. The molecular weight excluding hydrogens is 558 g/mol. The number of imidazole rings is 1. The highest BCUT2D eigenvalue weighted by Crippen LogP contribution is 2.27. The molecule has 8 nitrogen and oxygen atoms in total. The number of aromatic nitrogens is 2. The summed E-state index contributed by atoms with van der Waals surface area (Å²) in [6.07, 6.45) is 4.35. The molecule has 2 heterocycles. The van der Waals surface area contributed by atoms with Crippen LogP contribution in [0.1, 0.15) is 29.8 Å². The Morgan fingerprint density at radius 2 is 1.92 bits per heavy atom. The molecule has 37 heavy (non-hydrogen) atoms. The second-order valence-corrected chi connectivity index (χ2v) is 10.1. The SMILES string of the molecule is CC(C)Oc1ccc(C(=O)N[C@H](CNC(N)=O)Cc2ccc(-c3cn4cccc(Br)c4n3)cc2)cc1Cl. The van der Waals surface area contributed by atoms with Gasteiger partial charge >= 0.3 is 6.03 Å². The Kier molecular flexibility index (Phi) is 8.35. The molecule has 3 amide bonds. The maximum Gasteiger partial charge on any atom is 0.312 e. The number of urea groups is 1. The van der Waals surface area contributed by atoms with E-state index in [4.69, 9.17) is 27.1 Å². The summed E-state index contributed by atoms with van der Waals surface area (Å²) < 4.78 is 8.51. The van der Waals surface area contributed by atoms with Gasteiger partial charge in [0.1, 0.15) is 5.75 Å². The Balaban J connectivity index is 1.48. The molecule has 0 unspecified atom stereocenters. The average molecular weight is 585 g/mol. The van der Waals surface area contributed by atoms with Crippen molar-refractivity contribution in [2.45, 2.75) is 32.4 Å². The predicted octanol–water partition coefficient (Wildman–Crippen LogP) is 5.21. The fraction of sp³-hybridized carbons (Fsp3) is 0.222. The van der Waals surface area contributed by atoms with E-state index in [1.54, 1.807) is 18.2 Å². The lowest BCUT2D eigenvalue weighted by molar-refractivity contribution is 0.0936. The Bertz CT molecular complexity index is 1420. The fourth-order valence-electron chi connectivity index (χ4n) is 3.87. The highest BCUT2D eigenvalue weighted by Gasteiger charge is 2.17. The third-order valence-corrected chi connectivity index (χ3v) is 6.50. The van der Waals surface area contributed by atoms with Crippen LogP contribution in [0.25, 0.3) is 16.9 Å². The number of fused-ring (bicyclic) bond motifs is 1. The molecule has 4 rings (SSSR count). The molecule has 192 valence electrons. The molecule has 0 spiro atoms. The van der Waals surface area contributed by atoms with E-state index in [0.29, 0.717) is 22.8 Å². The Morgan fingerprint density at radius 3 is 2.57 bits per heavy atom. The number of amides is 3. The van der Waals surface area contributed by atoms with Gasteiger partial charge in [0.25, 0.3) is 5.91 Å². The Morgan fingerprint density at radius 1 is 1.16 bits per heavy atom. The van der Waals surface area contributed by atoms with Crippen molar-refractivity contribution in [2.24, 2.45) is 5.73 Å². The lowest BCUT2D eigenvalue weighted by Crippen LogP contribution is -2.46. The zero-order valence-corrected chi connectivity index (χ0v) is 22.7. The third-order valence-electron chi connectivity index (χ3n) is 5.58. The normalized spacial score (nSPS) is 11.9. The van der Waals surface area contributed by atoms with Crippen LogP contribution in [-0.2, 0) is 6.42 Å². The molecule has 2 aromatic heterocycles. The number of carbonyl (C=O) groups excluding carboxylic acids is 2. The smallest absolute Gasteiger partial charge is 0.312 e. The van der Waals surface area contributed by atoms with E-state index in [1.807, 2.05) is 67.0 Å². The van der Waals surface area contributed by atoms with Crippen LogP contribution < -0.4 is 21.1 Å². The van der Waals surface area contributed by atoms with Crippen molar-refractivity contribution in [1.29, 1.82) is 0 Å².